The minimum atomic E-state index is -0.579. The van der Waals surface area contributed by atoms with Crippen LogP contribution in [0.25, 0.3) is 10.1 Å². The average molecular weight is 198 g/mol. The van der Waals surface area contributed by atoms with Crippen LogP contribution in [0.15, 0.2) is 18.2 Å². The molecule has 0 bridgehead atoms. The molecule has 0 amide bonds. The average Bonchev–Trinajstić information content (AvgIpc) is 2.43. The molecule has 2 nitrogen and oxygen atoms in total. The largest absolute Gasteiger partial charge is 0.504 e. The molecular formula is C9H7FO2S. The summed E-state index contributed by atoms with van der Waals surface area (Å²) in [6.07, 6.45) is 0. The highest BCUT2D eigenvalue weighted by Gasteiger charge is 2.10. The van der Waals surface area contributed by atoms with Crippen LogP contribution in [0.5, 0.6) is 5.75 Å². The van der Waals surface area contributed by atoms with E-state index in [2.05, 4.69) is 0 Å². The predicted molar refractivity (Wildman–Crippen MR) is 49.4 cm³/mol. The molecule has 0 radical (unpaired) electrons. The number of aliphatic hydroxyl groups is 1. The summed E-state index contributed by atoms with van der Waals surface area (Å²) in [5.74, 6) is -0.324. The molecule has 0 saturated carbocycles. The molecule has 1 aromatic heterocycles. The van der Waals surface area contributed by atoms with Crippen molar-refractivity contribution in [3.63, 3.8) is 0 Å². The Morgan fingerprint density at radius 1 is 1.38 bits per heavy atom. The highest BCUT2D eigenvalue weighted by Crippen LogP contribution is 2.35. The second-order valence-electron chi connectivity index (χ2n) is 2.71. The van der Waals surface area contributed by atoms with Crippen LogP contribution in [-0.4, -0.2) is 10.2 Å². The van der Waals surface area contributed by atoms with Gasteiger partial charge in [-0.3, -0.25) is 0 Å². The van der Waals surface area contributed by atoms with Crippen LogP contribution in [0.4, 0.5) is 4.39 Å². The van der Waals surface area contributed by atoms with Crippen molar-refractivity contribution in [3.8, 4) is 5.75 Å². The zero-order chi connectivity index (χ0) is 9.42. The van der Waals surface area contributed by atoms with Gasteiger partial charge in [0.05, 0.1) is 6.61 Å². The Hall–Kier alpha value is -1.13. The lowest BCUT2D eigenvalue weighted by Crippen LogP contribution is -1.80. The van der Waals surface area contributed by atoms with Crippen molar-refractivity contribution >= 4 is 21.4 Å². The number of hydrogen-bond acceptors (Lipinski definition) is 3. The van der Waals surface area contributed by atoms with Gasteiger partial charge in [0.1, 0.15) is 0 Å². The highest BCUT2D eigenvalue weighted by atomic mass is 32.1. The number of aliphatic hydroxyl groups excluding tert-OH is 1. The topological polar surface area (TPSA) is 40.5 Å². The van der Waals surface area contributed by atoms with E-state index in [9.17, 15) is 9.50 Å². The number of fused-ring (bicyclic) bond motifs is 1. The molecule has 0 aliphatic rings. The Morgan fingerprint density at radius 3 is 2.85 bits per heavy atom. The molecule has 0 aliphatic heterocycles. The summed E-state index contributed by atoms with van der Waals surface area (Å²) in [5.41, 5.74) is 0.667. The van der Waals surface area contributed by atoms with Gasteiger partial charge in [-0.1, -0.05) is 6.07 Å². The number of halogens is 1. The molecule has 1 aromatic carbocycles. The summed E-state index contributed by atoms with van der Waals surface area (Å²) in [6, 6.07) is 4.98. The van der Waals surface area contributed by atoms with E-state index in [4.69, 9.17) is 5.11 Å². The molecule has 0 fully saturated rings. The van der Waals surface area contributed by atoms with Crippen molar-refractivity contribution < 1.29 is 14.6 Å². The quantitative estimate of drug-likeness (QED) is 0.737. The standard InChI is InChI=1S/C9H7FO2S/c10-9-8(12)6-3-5(4-11)1-2-7(6)13-9/h1-3,11-12H,4H2. The SMILES string of the molecule is OCc1ccc2sc(F)c(O)c2c1. The first-order chi connectivity index (χ1) is 6.22. The lowest BCUT2D eigenvalue weighted by molar-refractivity contribution is 0.282. The Bertz CT molecular complexity index is 450. The maximum Gasteiger partial charge on any atom is 0.219 e. The van der Waals surface area contributed by atoms with Gasteiger partial charge in [-0.25, -0.2) is 0 Å². The van der Waals surface area contributed by atoms with Gasteiger partial charge in [0.25, 0.3) is 0 Å². The summed E-state index contributed by atoms with van der Waals surface area (Å²) in [4.78, 5) is 0. The fraction of sp³-hybridized carbons (Fsp3) is 0.111. The van der Waals surface area contributed by atoms with Crippen LogP contribution in [0, 0.1) is 5.13 Å². The molecule has 0 spiro atoms. The molecule has 0 saturated heterocycles. The van der Waals surface area contributed by atoms with E-state index in [0.717, 1.165) is 11.3 Å². The summed E-state index contributed by atoms with van der Waals surface area (Å²) in [5, 5.41) is 18.0. The summed E-state index contributed by atoms with van der Waals surface area (Å²) in [6.45, 7) is -0.104. The molecule has 2 rings (SSSR count). The first-order valence-corrected chi connectivity index (χ1v) is 4.55. The molecule has 0 aliphatic carbocycles. The smallest absolute Gasteiger partial charge is 0.219 e. The summed E-state index contributed by atoms with van der Waals surface area (Å²) in [7, 11) is 0. The van der Waals surface area contributed by atoms with Crippen LogP contribution in [0.1, 0.15) is 5.56 Å². The van der Waals surface area contributed by atoms with Gasteiger partial charge in [0, 0.05) is 10.1 Å². The van der Waals surface area contributed by atoms with Crippen LogP contribution < -0.4 is 0 Å². The van der Waals surface area contributed by atoms with E-state index in [1.54, 1.807) is 18.2 Å². The number of aromatic hydroxyl groups is 1. The number of benzene rings is 1. The Balaban J connectivity index is 2.75. The molecule has 2 aromatic rings. The fourth-order valence-corrected chi connectivity index (χ4v) is 2.00. The van der Waals surface area contributed by atoms with Crippen LogP contribution in [-0.2, 0) is 6.61 Å². The normalized spacial score (nSPS) is 10.9. The van der Waals surface area contributed by atoms with Crippen molar-refractivity contribution in [3.05, 3.63) is 28.9 Å². The van der Waals surface area contributed by atoms with Gasteiger partial charge in [0.2, 0.25) is 5.13 Å². The van der Waals surface area contributed by atoms with E-state index >= 15 is 0 Å². The maximum atomic E-state index is 12.9. The molecule has 1 heterocycles. The molecule has 2 N–H and O–H groups in total. The van der Waals surface area contributed by atoms with E-state index < -0.39 is 5.13 Å². The van der Waals surface area contributed by atoms with Gasteiger partial charge in [0.15, 0.2) is 5.75 Å². The van der Waals surface area contributed by atoms with Gasteiger partial charge in [-0.05, 0) is 17.7 Å². The van der Waals surface area contributed by atoms with Crippen LogP contribution >= 0.6 is 11.3 Å². The predicted octanol–water partition coefficient (Wildman–Crippen LogP) is 2.24. The molecular weight excluding hydrogens is 191 g/mol. The first kappa shape index (κ1) is 8.47. The Kier molecular flexibility index (Phi) is 1.94. The molecule has 0 unspecified atom stereocenters. The van der Waals surface area contributed by atoms with Gasteiger partial charge >= 0.3 is 0 Å². The third kappa shape index (κ3) is 1.28. The van der Waals surface area contributed by atoms with Crippen molar-refractivity contribution in [1.29, 1.82) is 0 Å². The van der Waals surface area contributed by atoms with Gasteiger partial charge < -0.3 is 10.2 Å². The zero-order valence-electron chi connectivity index (χ0n) is 6.62. The minimum absolute atomic E-state index is 0.104. The van der Waals surface area contributed by atoms with E-state index in [-0.39, 0.29) is 12.4 Å². The van der Waals surface area contributed by atoms with Gasteiger partial charge in [-0.15, -0.1) is 11.3 Å². The van der Waals surface area contributed by atoms with Crippen molar-refractivity contribution in [1.82, 2.24) is 0 Å². The van der Waals surface area contributed by atoms with E-state index in [1.807, 2.05) is 0 Å². The summed E-state index contributed by atoms with van der Waals surface area (Å²) >= 11 is 0.900. The lowest BCUT2D eigenvalue weighted by Gasteiger charge is -1.95. The van der Waals surface area contributed by atoms with E-state index in [0.29, 0.717) is 15.6 Å². The lowest BCUT2D eigenvalue weighted by atomic mass is 10.2. The monoisotopic (exact) mass is 198 g/mol. The minimum Gasteiger partial charge on any atom is -0.504 e. The number of hydrogen-bond donors (Lipinski definition) is 2. The Morgan fingerprint density at radius 2 is 2.15 bits per heavy atom. The molecule has 4 heteroatoms. The van der Waals surface area contributed by atoms with Gasteiger partial charge in [-0.2, -0.15) is 4.39 Å². The number of thiophene rings is 1. The van der Waals surface area contributed by atoms with Crippen LogP contribution in [0.3, 0.4) is 0 Å². The molecule has 0 atom stereocenters. The summed E-state index contributed by atoms with van der Waals surface area (Å²) < 4.78 is 13.6. The third-order valence-corrected chi connectivity index (χ3v) is 2.82. The maximum absolute atomic E-state index is 12.9. The fourth-order valence-electron chi connectivity index (χ4n) is 1.20. The third-order valence-electron chi connectivity index (χ3n) is 1.87. The number of rotatable bonds is 1. The highest BCUT2D eigenvalue weighted by molar-refractivity contribution is 7.17. The van der Waals surface area contributed by atoms with Crippen molar-refractivity contribution in [2.45, 2.75) is 6.61 Å². The van der Waals surface area contributed by atoms with Crippen LogP contribution in [0.2, 0.25) is 0 Å². The van der Waals surface area contributed by atoms with Crippen molar-refractivity contribution in [2.24, 2.45) is 0 Å². The van der Waals surface area contributed by atoms with Crippen molar-refractivity contribution in [2.75, 3.05) is 0 Å². The second kappa shape index (κ2) is 2.97. The Labute approximate surface area is 77.9 Å². The molecule has 13 heavy (non-hydrogen) atoms. The first-order valence-electron chi connectivity index (χ1n) is 3.73. The zero-order valence-corrected chi connectivity index (χ0v) is 7.44. The van der Waals surface area contributed by atoms with E-state index in [1.165, 1.54) is 0 Å². The second-order valence-corrected chi connectivity index (χ2v) is 3.72. The molecule has 68 valence electrons.